The number of pyridine rings is 1. The van der Waals surface area contributed by atoms with Gasteiger partial charge in [-0.3, -0.25) is 0 Å². The highest BCUT2D eigenvalue weighted by Crippen LogP contribution is 2.31. The minimum absolute atomic E-state index is 0.334. The van der Waals surface area contributed by atoms with Crippen molar-refractivity contribution < 1.29 is 4.74 Å². The second-order valence-corrected chi connectivity index (χ2v) is 7.58. The molecule has 0 aliphatic carbocycles. The number of aromatic nitrogens is 1. The van der Waals surface area contributed by atoms with E-state index >= 15 is 0 Å². The van der Waals surface area contributed by atoms with Crippen molar-refractivity contribution in [3.8, 4) is 17.0 Å². The van der Waals surface area contributed by atoms with E-state index in [1.54, 1.807) is 0 Å². The lowest BCUT2D eigenvalue weighted by atomic mass is 9.87. The van der Waals surface area contributed by atoms with Gasteiger partial charge in [-0.05, 0) is 61.6 Å². The Kier molecular flexibility index (Phi) is 3.86. The summed E-state index contributed by atoms with van der Waals surface area (Å²) in [6.45, 7) is 4.69. The Morgan fingerprint density at radius 2 is 2.04 bits per heavy atom. The number of nitrogens with one attached hydrogen (secondary N) is 1. The Labute approximate surface area is 149 Å². The Hall–Kier alpha value is -2.07. The number of ether oxygens (including phenoxy) is 1. The largest absolute Gasteiger partial charge is 0.474 e. The molecule has 2 fully saturated rings. The summed E-state index contributed by atoms with van der Waals surface area (Å²) in [5, 5.41) is 3.41. The Morgan fingerprint density at radius 1 is 1.08 bits per heavy atom. The molecule has 4 heteroatoms. The standard InChI is InChI=1S/C21H25N3O/c1-2-18-14-24(10-1)11-8-20(18)25-21-6-4-17(13-23-21)15-3-5-19-16(12-15)7-9-22-19/h3-6,12-13,18,20,22H,1-2,7-11,14H2/t18-,20+/m1/s1. The SMILES string of the molecule is c1cc(O[C@H]2CCN3CCC[C@@H]2C3)ncc1-c1ccc2c(c1)CCN2. The van der Waals surface area contributed by atoms with Gasteiger partial charge in [-0.2, -0.15) is 0 Å². The topological polar surface area (TPSA) is 37.4 Å². The van der Waals surface area contributed by atoms with Crippen LogP contribution in [0.5, 0.6) is 5.88 Å². The molecule has 5 rings (SSSR count). The van der Waals surface area contributed by atoms with Gasteiger partial charge in [0.05, 0.1) is 0 Å². The van der Waals surface area contributed by atoms with Crippen molar-refractivity contribution >= 4 is 5.69 Å². The Balaban J connectivity index is 1.30. The van der Waals surface area contributed by atoms with Crippen LogP contribution in [0.15, 0.2) is 36.5 Å². The summed E-state index contributed by atoms with van der Waals surface area (Å²) in [6, 6.07) is 10.8. The lowest BCUT2D eigenvalue weighted by Crippen LogP contribution is -2.49. The number of hydrogen-bond acceptors (Lipinski definition) is 4. The van der Waals surface area contributed by atoms with Gasteiger partial charge in [0.25, 0.3) is 0 Å². The molecule has 0 amide bonds. The molecule has 2 aromatic rings. The lowest BCUT2D eigenvalue weighted by Gasteiger charge is -2.42. The molecule has 0 saturated carbocycles. The third-order valence-corrected chi connectivity index (χ3v) is 5.95. The van der Waals surface area contributed by atoms with Crippen molar-refractivity contribution in [2.45, 2.75) is 31.8 Å². The second kappa shape index (κ2) is 6.34. The van der Waals surface area contributed by atoms with E-state index in [0.29, 0.717) is 12.0 Å². The first kappa shape index (κ1) is 15.2. The van der Waals surface area contributed by atoms with Gasteiger partial charge in [0.15, 0.2) is 0 Å². The average molecular weight is 335 g/mol. The summed E-state index contributed by atoms with van der Waals surface area (Å²) in [6.07, 6.45) is 7.13. The molecule has 4 heterocycles. The summed E-state index contributed by atoms with van der Waals surface area (Å²) in [5.41, 5.74) is 5.08. The van der Waals surface area contributed by atoms with E-state index in [2.05, 4.69) is 39.5 Å². The molecule has 0 radical (unpaired) electrons. The van der Waals surface area contributed by atoms with Crippen LogP contribution in [0.3, 0.4) is 0 Å². The summed E-state index contributed by atoms with van der Waals surface area (Å²) in [5.74, 6) is 1.45. The van der Waals surface area contributed by atoms with Crippen LogP contribution >= 0.6 is 0 Å². The summed E-state index contributed by atoms with van der Waals surface area (Å²) >= 11 is 0. The fourth-order valence-corrected chi connectivity index (χ4v) is 4.56. The average Bonchev–Trinajstić information content (AvgIpc) is 3.13. The molecular formula is C21H25N3O. The number of benzene rings is 1. The molecule has 130 valence electrons. The minimum atomic E-state index is 0.334. The lowest BCUT2D eigenvalue weighted by molar-refractivity contribution is 0.0128. The van der Waals surface area contributed by atoms with Gasteiger partial charge < -0.3 is 15.0 Å². The molecule has 2 saturated heterocycles. The summed E-state index contributed by atoms with van der Waals surface area (Å²) < 4.78 is 6.26. The van der Waals surface area contributed by atoms with E-state index in [0.717, 1.165) is 30.8 Å². The predicted molar refractivity (Wildman–Crippen MR) is 100 cm³/mol. The van der Waals surface area contributed by atoms with E-state index in [1.807, 2.05) is 12.3 Å². The van der Waals surface area contributed by atoms with Crippen LogP contribution in [0.4, 0.5) is 5.69 Å². The molecular weight excluding hydrogens is 310 g/mol. The predicted octanol–water partition coefficient (Wildman–Crippen LogP) is 3.58. The van der Waals surface area contributed by atoms with E-state index in [-0.39, 0.29) is 0 Å². The van der Waals surface area contributed by atoms with Crippen LogP contribution in [0.25, 0.3) is 11.1 Å². The Bertz CT molecular complexity index is 758. The zero-order valence-electron chi connectivity index (χ0n) is 14.6. The molecule has 3 atom stereocenters. The maximum Gasteiger partial charge on any atom is 0.213 e. The zero-order valence-corrected chi connectivity index (χ0v) is 14.6. The van der Waals surface area contributed by atoms with Crippen molar-refractivity contribution in [1.82, 2.24) is 9.88 Å². The van der Waals surface area contributed by atoms with Crippen LogP contribution in [-0.4, -0.2) is 42.2 Å². The van der Waals surface area contributed by atoms with Crippen molar-refractivity contribution in [2.24, 2.45) is 5.92 Å². The maximum atomic E-state index is 6.26. The van der Waals surface area contributed by atoms with Crippen LogP contribution in [0, 0.1) is 5.92 Å². The van der Waals surface area contributed by atoms with E-state index in [9.17, 15) is 0 Å². The van der Waals surface area contributed by atoms with Gasteiger partial charge in [-0.1, -0.05) is 6.07 Å². The van der Waals surface area contributed by atoms with Crippen LogP contribution in [0.1, 0.15) is 24.8 Å². The smallest absolute Gasteiger partial charge is 0.213 e. The fourth-order valence-electron chi connectivity index (χ4n) is 4.56. The molecule has 3 aliphatic rings. The van der Waals surface area contributed by atoms with E-state index < -0.39 is 0 Å². The summed E-state index contributed by atoms with van der Waals surface area (Å²) in [7, 11) is 0. The third kappa shape index (κ3) is 2.99. The van der Waals surface area contributed by atoms with Gasteiger partial charge in [0.1, 0.15) is 6.10 Å². The molecule has 3 aliphatic heterocycles. The number of hydrogen-bond donors (Lipinski definition) is 1. The minimum Gasteiger partial charge on any atom is -0.474 e. The molecule has 1 N–H and O–H groups in total. The number of fused-ring (bicyclic) bond motifs is 3. The van der Waals surface area contributed by atoms with Crippen molar-refractivity contribution in [1.29, 1.82) is 0 Å². The van der Waals surface area contributed by atoms with Gasteiger partial charge in [-0.25, -0.2) is 4.98 Å². The maximum absolute atomic E-state index is 6.26. The van der Waals surface area contributed by atoms with Gasteiger partial charge >= 0.3 is 0 Å². The molecule has 2 bridgehead atoms. The molecule has 25 heavy (non-hydrogen) atoms. The molecule has 1 unspecified atom stereocenters. The monoisotopic (exact) mass is 335 g/mol. The van der Waals surface area contributed by atoms with Gasteiger partial charge in [-0.15, -0.1) is 0 Å². The number of nitrogens with zero attached hydrogens (tertiary/aromatic N) is 2. The first-order valence-corrected chi connectivity index (χ1v) is 9.57. The quantitative estimate of drug-likeness (QED) is 0.930. The number of piperidine rings is 2. The molecule has 1 aromatic heterocycles. The zero-order chi connectivity index (χ0) is 16.6. The summed E-state index contributed by atoms with van der Waals surface area (Å²) in [4.78, 5) is 7.17. The third-order valence-electron chi connectivity index (χ3n) is 5.95. The van der Waals surface area contributed by atoms with E-state index in [4.69, 9.17) is 4.74 Å². The van der Waals surface area contributed by atoms with Crippen molar-refractivity contribution in [2.75, 3.05) is 31.5 Å². The first-order valence-electron chi connectivity index (χ1n) is 9.57. The molecule has 1 aromatic carbocycles. The highest BCUT2D eigenvalue weighted by Gasteiger charge is 2.33. The normalized spacial score (nSPS) is 27.4. The first-order chi connectivity index (χ1) is 12.3. The van der Waals surface area contributed by atoms with Crippen LogP contribution in [-0.2, 0) is 6.42 Å². The van der Waals surface area contributed by atoms with E-state index in [1.165, 1.54) is 49.3 Å². The number of rotatable bonds is 3. The van der Waals surface area contributed by atoms with Gasteiger partial charge in [0.2, 0.25) is 5.88 Å². The fraction of sp³-hybridized carbons (Fsp3) is 0.476. The van der Waals surface area contributed by atoms with Crippen LogP contribution in [0.2, 0.25) is 0 Å². The van der Waals surface area contributed by atoms with Crippen LogP contribution < -0.4 is 10.1 Å². The highest BCUT2D eigenvalue weighted by atomic mass is 16.5. The molecule has 4 nitrogen and oxygen atoms in total. The highest BCUT2D eigenvalue weighted by molar-refractivity contribution is 5.69. The Morgan fingerprint density at radius 3 is 2.96 bits per heavy atom. The number of anilines is 1. The van der Waals surface area contributed by atoms with Crippen molar-refractivity contribution in [3.63, 3.8) is 0 Å². The van der Waals surface area contributed by atoms with Gasteiger partial charge in [0, 0.05) is 49.1 Å². The van der Waals surface area contributed by atoms with Crippen molar-refractivity contribution in [3.05, 3.63) is 42.1 Å². The molecule has 0 spiro atoms. The second-order valence-electron chi connectivity index (χ2n) is 7.58.